The molecule has 3 N–H and O–H groups in total. The molecule has 6 nitrogen and oxygen atoms in total. The van der Waals surface area contributed by atoms with E-state index >= 15 is 0 Å². The van der Waals surface area contributed by atoms with Crippen LogP contribution in [0.2, 0.25) is 0 Å². The van der Waals surface area contributed by atoms with Gasteiger partial charge in [0.1, 0.15) is 0 Å². The van der Waals surface area contributed by atoms with Gasteiger partial charge in [-0.3, -0.25) is 4.79 Å². The van der Waals surface area contributed by atoms with Crippen molar-refractivity contribution in [1.82, 2.24) is 10.2 Å². The van der Waals surface area contributed by atoms with Crippen LogP contribution in [-0.4, -0.2) is 45.4 Å². The number of benzene rings is 1. The first-order valence-electron chi connectivity index (χ1n) is 7.10. The molecule has 2 rings (SSSR count). The van der Waals surface area contributed by atoms with Gasteiger partial charge in [-0.15, -0.1) is 0 Å². The Kier molecular flexibility index (Phi) is 5.33. The van der Waals surface area contributed by atoms with E-state index in [1.807, 2.05) is 0 Å². The van der Waals surface area contributed by atoms with Gasteiger partial charge in [-0.05, 0) is 50.2 Å². The lowest BCUT2D eigenvalue weighted by Crippen LogP contribution is -2.37. The zero-order valence-corrected chi connectivity index (χ0v) is 12.7. The standard InChI is InChI=1S/C14H21N3O3S/c15-21(19,20)13-6-4-12(5-7-13)14(18)16-8-11-17-9-2-1-3-10-17/h4-7H,1-3,8-11H2,(H,16,18)(H2,15,19,20). The molecule has 0 spiro atoms. The highest BCUT2D eigenvalue weighted by molar-refractivity contribution is 7.89. The average molecular weight is 311 g/mol. The third-order valence-corrected chi connectivity index (χ3v) is 4.54. The van der Waals surface area contributed by atoms with E-state index in [0.29, 0.717) is 12.1 Å². The van der Waals surface area contributed by atoms with Crippen molar-refractivity contribution in [3.63, 3.8) is 0 Å². The number of rotatable bonds is 5. The molecule has 1 heterocycles. The van der Waals surface area contributed by atoms with Crippen LogP contribution < -0.4 is 10.5 Å². The molecule has 0 bridgehead atoms. The van der Waals surface area contributed by atoms with Gasteiger partial charge in [0.2, 0.25) is 10.0 Å². The molecule has 1 aromatic rings. The Morgan fingerprint density at radius 3 is 2.33 bits per heavy atom. The fourth-order valence-corrected chi connectivity index (χ4v) is 2.92. The molecule has 21 heavy (non-hydrogen) atoms. The van der Waals surface area contributed by atoms with Gasteiger partial charge in [-0.25, -0.2) is 13.6 Å². The molecule has 0 aromatic heterocycles. The van der Waals surface area contributed by atoms with E-state index in [-0.39, 0.29) is 10.8 Å². The zero-order chi connectivity index (χ0) is 15.3. The zero-order valence-electron chi connectivity index (χ0n) is 11.9. The fraction of sp³-hybridized carbons (Fsp3) is 0.500. The number of sulfonamides is 1. The number of likely N-dealkylation sites (tertiary alicyclic amines) is 1. The Balaban J connectivity index is 1.83. The van der Waals surface area contributed by atoms with E-state index in [1.165, 1.54) is 43.5 Å². The van der Waals surface area contributed by atoms with E-state index in [0.717, 1.165) is 19.6 Å². The summed E-state index contributed by atoms with van der Waals surface area (Å²) in [6.07, 6.45) is 3.74. The van der Waals surface area contributed by atoms with Crippen LogP contribution in [0.5, 0.6) is 0 Å². The normalized spacial score (nSPS) is 16.6. The highest BCUT2D eigenvalue weighted by Crippen LogP contribution is 2.09. The summed E-state index contributed by atoms with van der Waals surface area (Å²) in [5.41, 5.74) is 0.432. The van der Waals surface area contributed by atoms with Crippen LogP contribution in [0.1, 0.15) is 29.6 Å². The van der Waals surface area contributed by atoms with Gasteiger partial charge in [0.15, 0.2) is 0 Å². The Bertz CT molecular complexity index is 578. The molecule has 0 unspecified atom stereocenters. The molecular formula is C14H21N3O3S. The van der Waals surface area contributed by atoms with Crippen LogP contribution in [0.15, 0.2) is 29.2 Å². The van der Waals surface area contributed by atoms with Crippen LogP contribution in [0, 0.1) is 0 Å². The summed E-state index contributed by atoms with van der Waals surface area (Å²) in [6, 6.07) is 5.62. The Labute approximate surface area is 125 Å². The van der Waals surface area contributed by atoms with Crippen LogP contribution in [-0.2, 0) is 10.0 Å². The largest absolute Gasteiger partial charge is 0.351 e. The lowest BCUT2D eigenvalue weighted by Gasteiger charge is -2.26. The number of hydrogen-bond donors (Lipinski definition) is 2. The maximum absolute atomic E-state index is 11.9. The minimum absolute atomic E-state index is 0.00682. The molecule has 0 atom stereocenters. The van der Waals surface area contributed by atoms with E-state index in [1.54, 1.807) is 0 Å². The summed E-state index contributed by atoms with van der Waals surface area (Å²) < 4.78 is 22.3. The van der Waals surface area contributed by atoms with Gasteiger partial charge in [0.25, 0.3) is 5.91 Å². The van der Waals surface area contributed by atoms with Gasteiger partial charge in [-0.1, -0.05) is 6.42 Å². The summed E-state index contributed by atoms with van der Waals surface area (Å²) in [4.78, 5) is 14.3. The molecule has 1 aliphatic rings. The van der Waals surface area contributed by atoms with E-state index < -0.39 is 10.0 Å². The monoisotopic (exact) mass is 311 g/mol. The number of piperidine rings is 1. The maximum atomic E-state index is 11.9. The highest BCUT2D eigenvalue weighted by atomic mass is 32.2. The number of carbonyl (C=O) groups excluding carboxylic acids is 1. The van der Waals surface area contributed by atoms with Gasteiger partial charge >= 0.3 is 0 Å². The molecule has 0 aliphatic carbocycles. The van der Waals surface area contributed by atoms with Gasteiger partial charge in [-0.2, -0.15) is 0 Å². The maximum Gasteiger partial charge on any atom is 0.251 e. The summed E-state index contributed by atoms with van der Waals surface area (Å²) in [5.74, 6) is -0.201. The predicted molar refractivity (Wildman–Crippen MR) is 80.4 cm³/mol. The number of primary sulfonamides is 1. The number of nitrogens with two attached hydrogens (primary N) is 1. The Morgan fingerprint density at radius 2 is 1.76 bits per heavy atom. The van der Waals surface area contributed by atoms with E-state index in [9.17, 15) is 13.2 Å². The van der Waals surface area contributed by atoms with Crippen molar-refractivity contribution in [3.8, 4) is 0 Å². The van der Waals surface area contributed by atoms with Gasteiger partial charge in [0.05, 0.1) is 4.90 Å². The second-order valence-corrected chi connectivity index (χ2v) is 6.79. The van der Waals surface area contributed by atoms with Crippen molar-refractivity contribution in [2.45, 2.75) is 24.2 Å². The lowest BCUT2D eigenvalue weighted by atomic mass is 10.1. The minimum atomic E-state index is -3.72. The fourth-order valence-electron chi connectivity index (χ4n) is 2.41. The minimum Gasteiger partial charge on any atom is -0.351 e. The third-order valence-electron chi connectivity index (χ3n) is 3.61. The second-order valence-electron chi connectivity index (χ2n) is 5.23. The quantitative estimate of drug-likeness (QED) is 0.830. The van der Waals surface area contributed by atoms with Crippen LogP contribution in [0.3, 0.4) is 0 Å². The van der Waals surface area contributed by atoms with Crippen molar-refractivity contribution in [2.24, 2.45) is 5.14 Å². The third kappa shape index (κ3) is 4.80. The molecule has 1 aromatic carbocycles. The number of carbonyl (C=O) groups is 1. The smallest absolute Gasteiger partial charge is 0.251 e. The predicted octanol–water partition coefficient (Wildman–Crippen LogP) is 0.550. The van der Waals surface area contributed by atoms with E-state index in [2.05, 4.69) is 10.2 Å². The molecule has 0 saturated carbocycles. The summed E-state index contributed by atoms with van der Waals surface area (Å²) in [5, 5.41) is 7.86. The molecule has 1 saturated heterocycles. The number of hydrogen-bond acceptors (Lipinski definition) is 4. The van der Waals surface area contributed by atoms with Crippen molar-refractivity contribution >= 4 is 15.9 Å². The molecule has 1 aliphatic heterocycles. The summed E-state index contributed by atoms with van der Waals surface area (Å²) in [6.45, 7) is 3.63. The summed E-state index contributed by atoms with van der Waals surface area (Å²) in [7, 11) is -3.72. The number of nitrogens with zero attached hydrogens (tertiary/aromatic N) is 1. The summed E-state index contributed by atoms with van der Waals surface area (Å²) >= 11 is 0. The van der Waals surface area contributed by atoms with E-state index in [4.69, 9.17) is 5.14 Å². The first kappa shape index (κ1) is 15.9. The number of nitrogens with one attached hydrogen (secondary N) is 1. The van der Waals surface area contributed by atoms with Crippen molar-refractivity contribution in [1.29, 1.82) is 0 Å². The topological polar surface area (TPSA) is 92.5 Å². The highest BCUT2D eigenvalue weighted by Gasteiger charge is 2.12. The first-order chi connectivity index (χ1) is 9.97. The Hall–Kier alpha value is -1.44. The van der Waals surface area contributed by atoms with Crippen molar-refractivity contribution in [3.05, 3.63) is 29.8 Å². The van der Waals surface area contributed by atoms with Crippen LogP contribution in [0.25, 0.3) is 0 Å². The molecular weight excluding hydrogens is 290 g/mol. The Morgan fingerprint density at radius 1 is 1.14 bits per heavy atom. The van der Waals surface area contributed by atoms with Crippen molar-refractivity contribution in [2.75, 3.05) is 26.2 Å². The molecule has 7 heteroatoms. The molecule has 1 amide bonds. The molecule has 1 fully saturated rings. The molecule has 0 radical (unpaired) electrons. The van der Waals surface area contributed by atoms with Gasteiger partial charge < -0.3 is 10.2 Å². The van der Waals surface area contributed by atoms with Gasteiger partial charge in [0, 0.05) is 18.7 Å². The van der Waals surface area contributed by atoms with Crippen LogP contribution in [0.4, 0.5) is 0 Å². The number of amides is 1. The second kappa shape index (κ2) is 7.02. The SMILES string of the molecule is NS(=O)(=O)c1ccc(C(=O)NCCN2CCCCC2)cc1. The molecule has 116 valence electrons. The average Bonchev–Trinajstić information content (AvgIpc) is 2.47. The lowest BCUT2D eigenvalue weighted by molar-refractivity contribution is 0.0946. The van der Waals surface area contributed by atoms with Crippen LogP contribution >= 0.6 is 0 Å². The first-order valence-corrected chi connectivity index (χ1v) is 8.65. The van der Waals surface area contributed by atoms with Crippen molar-refractivity contribution < 1.29 is 13.2 Å².